The van der Waals surface area contributed by atoms with Crippen molar-refractivity contribution in [2.24, 2.45) is 0 Å². The van der Waals surface area contributed by atoms with Crippen LogP contribution in [0.5, 0.6) is 5.75 Å². The standard InChI is InChI=1S/C14H17N3O5/c18-12-4-3-8(7-11(12)17(21)22)6-9-14(20)16-5-1-2-10(16)13(19)15-9/h3-4,7,9-10,18,21-22H,1-2,5-6H2,(H,15,19). The van der Waals surface area contributed by atoms with Crippen molar-refractivity contribution in [3.8, 4) is 5.75 Å². The number of anilines is 1. The zero-order valence-corrected chi connectivity index (χ0v) is 11.8. The number of hydrogen-bond acceptors (Lipinski definition) is 6. The summed E-state index contributed by atoms with van der Waals surface area (Å²) in [5, 5.41) is 30.1. The van der Waals surface area contributed by atoms with Crippen LogP contribution in [0.15, 0.2) is 18.2 Å². The van der Waals surface area contributed by atoms with E-state index >= 15 is 0 Å². The Morgan fingerprint density at radius 1 is 1.32 bits per heavy atom. The maximum absolute atomic E-state index is 12.4. The molecule has 2 amide bonds. The SMILES string of the molecule is O=C1NC(Cc2ccc(O)c(N(O)O)c2)C(=O)N2CCCC12. The molecule has 0 saturated carbocycles. The molecule has 0 aliphatic carbocycles. The molecule has 0 aromatic heterocycles. The molecule has 8 heteroatoms. The lowest BCUT2D eigenvalue weighted by Crippen LogP contribution is -2.61. The van der Waals surface area contributed by atoms with Crippen molar-refractivity contribution in [3.05, 3.63) is 23.8 Å². The Hall–Kier alpha value is -2.32. The molecule has 2 heterocycles. The zero-order valence-electron chi connectivity index (χ0n) is 11.8. The highest BCUT2D eigenvalue weighted by atomic mass is 16.8. The van der Waals surface area contributed by atoms with Crippen LogP contribution in [0.2, 0.25) is 0 Å². The minimum atomic E-state index is -0.676. The minimum absolute atomic E-state index is 0.124. The Labute approximate surface area is 126 Å². The highest BCUT2D eigenvalue weighted by molar-refractivity contribution is 5.97. The molecule has 1 aromatic rings. The normalized spacial score (nSPS) is 24.2. The highest BCUT2D eigenvalue weighted by Gasteiger charge is 2.42. The van der Waals surface area contributed by atoms with Gasteiger partial charge in [-0.3, -0.25) is 20.0 Å². The number of rotatable bonds is 3. The molecule has 0 spiro atoms. The minimum Gasteiger partial charge on any atom is -0.506 e. The van der Waals surface area contributed by atoms with Gasteiger partial charge in [-0.15, -0.1) is 5.23 Å². The Morgan fingerprint density at radius 3 is 2.82 bits per heavy atom. The molecule has 2 atom stereocenters. The molecule has 0 bridgehead atoms. The smallest absolute Gasteiger partial charge is 0.246 e. The molecule has 2 aliphatic heterocycles. The number of benzene rings is 1. The monoisotopic (exact) mass is 307 g/mol. The number of phenols is 1. The van der Waals surface area contributed by atoms with E-state index in [4.69, 9.17) is 10.4 Å². The first kappa shape index (κ1) is 14.6. The third-order valence-electron chi connectivity index (χ3n) is 4.15. The average Bonchev–Trinajstić information content (AvgIpc) is 2.96. The summed E-state index contributed by atoms with van der Waals surface area (Å²) >= 11 is 0. The van der Waals surface area contributed by atoms with E-state index in [1.165, 1.54) is 12.1 Å². The fraction of sp³-hybridized carbons (Fsp3) is 0.429. The van der Waals surface area contributed by atoms with Crippen LogP contribution in [0.3, 0.4) is 0 Å². The first-order chi connectivity index (χ1) is 10.5. The van der Waals surface area contributed by atoms with E-state index in [9.17, 15) is 14.7 Å². The Morgan fingerprint density at radius 2 is 2.09 bits per heavy atom. The molecule has 8 nitrogen and oxygen atoms in total. The van der Waals surface area contributed by atoms with Crippen molar-refractivity contribution in [1.29, 1.82) is 0 Å². The van der Waals surface area contributed by atoms with E-state index in [0.29, 0.717) is 18.5 Å². The van der Waals surface area contributed by atoms with Crippen LogP contribution in [-0.2, 0) is 16.0 Å². The van der Waals surface area contributed by atoms with Gasteiger partial charge in [-0.2, -0.15) is 0 Å². The van der Waals surface area contributed by atoms with E-state index in [2.05, 4.69) is 5.32 Å². The van der Waals surface area contributed by atoms with Crippen LogP contribution in [0, 0.1) is 0 Å². The van der Waals surface area contributed by atoms with E-state index in [1.807, 2.05) is 0 Å². The molecule has 3 rings (SSSR count). The third-order valence-corrected chi connectivity index (χ3v) is 4.15. The van der Waals surface area contributed by atoms with Crippen molar-refractivity contribution in [3.63, 3.8) is 0 Å². The maximum atomic E-state index is 12.4. The quantitative estimate of drug-likeness (QED) is 0.585. The number of carbonyl (C=O) groups is 2. The van der Waals surface area contributed by atoms with Crippen molar-refractivity contribution in [2.75, 3.05) is 11.8 Å². The van der Waals surface area contributed by atoms with Gasteiger partial charge in [0.15, 0.2) is 0 Å². The summed E-state index contributed by atoms with van der Waals surface area (Å²) in [6, 6.07) is 3.19. The van der Waals surface area contributed by atoms with Crippen LogP contribution in [0.25, 0.3) is 0 Å². The van der Waals surface area contributed by atoms with Gasteiger partial charge in [0.1, 0.15) is 23.5 Å². The molecule has 118 valence electrons. The maximum Gasteiger partial charge on any atom is 0.246 e. The number of piperazine rings is 1. The molecule has 4 N–H and O–H groups in total. The number of hydrogen-bond donors (Lipinski definition) is 4. The molecule has 2 unspecified atom stereocenters. The van der Waals surface area contributed by atoms with Crippen molar-refractivity contribution in [2.45, 2.75) is 31.3 Å². The molecular formula is C14H17N3O5. The Bertz CT molecular complexity index is 618. The average molecular weight is 307 g/mol. The second-order valence-electron chi connectivity index (χ2n) is 5.57. The lowest BCUT2D eigenvalue weighted by atomic mass is 10.0. The van der Waals surface area contributed by atoms with Crippen molar-refractivity contribution in [1.82, 2.24) is 10.2 Å². The molecule has 2 aliphatic rings. The van der Waals surface area contributed by atoms with Gasteiger partial charge in [-0.25, -0.2) is 0 Å². The Balaban J connectivity index is 1.79. The van der Waals surface area contributed by atoms with Gasteiger partial charge in [0.05, 0.1) is 0 Å². The molecule has 2 fully saturated rings. The number of aromatic hydroxyl groups is 1. The fourth-order valence-corrected chi connectivity index (χ4v) is 3.06. The highest BCUT2D eigenvalue weighted by Crippen LogP contribution is 2.28. The van der Waals surface area contributed by atoms with Crippen LogP contribution < -0.4 is 10.5 Å². The second-order valence-corrected chi connectivity index (χ2v) is 5.57. The van der Waals surface area contributed by atoms with Crippen LogP contribution >= 0.6 is 0 Å². The third kappa shape index (κ3) is 2.46. The first-order valence-corrected chi connectivity index (χ1v) is 7.08. The largest absolute Gasteiger partial charge is 0.506 e. The van der Waals surface area contributed by atoms with Crippen molar-refractivity contribution < 1.29 is 25.1 Å². The predicted octanol–water partition coefficient (Wildman–Crippen LogP) is 0.00890. The molecular weight excluding hydrogens is 290 g/mol. The topological polar surface area (TPSA) is 113 Å². The Kier molecular flexibility index (Phi) is 3.63. The lowest BCUT2D eigenvalue weighted by molar-refractivity contribution is -0.146. The molecule has 22 heavy (non-hydrogen) atoms. The van der Waals surface area contributed by atoms with Gasteiger partial charge in [0, 0.05) is 13.0 Å². The van der Waals surface area contributed by atoms with Crippen LogP contribution in [-0.4, -0.2) is 50.9 Å². The summed E-state index contributed by atoms with van der Waals surface area (Å²) in [5.41, 5.74) is 0.406. The summed E-state index contributed by atoms with van der Waals surface area (Å²) < 4.78 is 0. The van der Waals surface area contributed by atoms with E-state index in [0.717, 1.165) is 6.42 Å². The summed E-state index contributed by atoms with van der Waals surface area (Å²) in [5.74, 6) is -0.569. The van der Waals surface area contributed by atoms with Gasteiger partial charge >= 0.3 is 0 Å². The number of fused-ring (bicyclic) bond motifs is 1. The summed E-state index contributed by atoms with van der Waals surface area (Å²) in [6.07, 6.45) is 1.73. The number of nitrogens with one attached hydrogen (secondary N) is 1. The number of nitrogens with zero attached hydrogens (tertiary/aromatic N) is 2. The summed E-state index contributed by atoms with van der Waals surface area (Å²) in [4.78, 5) is 26.0. The van der Waals surface area contributed by atoms with E-state index < -0.39 is 6.04 Å². The summed E-state index contributed by atoms with van der Waals surface area (Å²) in [7, 11) is 0. The summed E-state index contributed by atoms with van der Waals surface area (Å²) in [6.45, 7) is 0.593. The number of carbonyl (C=O) groups excluding carboxylic acids is 2. The zero-order chi connectivity index (χ0) is 15.9. The van der Waals surface area contributed by atoms with E-state index in [1.54, 1.807) is 11.0 Å². The second kappa shape index (κ2) is 5.47. The van der Waals surface area contributed by atoms with Gasteiger partial charge in [-0.05, 0) is 30.5 Å². The first-order valence-electron chi connectivity index (χ1n) is 7.08. The van der Waals surface area contributed by atoms with Gasteiger partial charge in [-0.1, -0.05) is 6.07 Å². The number of amides is 2. The molecule has 1 aromatic carbocycles. The van der Waals surface area contributed by atoms with Gasteiger partial charge in [0.2, 0.25) is 11.8 Å². The van der Waals surface area contributed by atoms with Crippen molar-refractivity contribution >= 4 is 17.5 Å². The molecule has 2 saturated heterocycles. The van der Waals surface area contributed by atoms with E-state index in [-0.39, 0.29) is 40.9 Å². The van der Waals surface area contributed by atoms with Crippen LogP contribution in [0.4, 0.5) is 5.69 Å². The van der Waals surface area contributed by atoms with Gasteiger partial charge in [0.25, 0.3) is 0 Å². The fourth-order valence-electron chi connectivity index (χ4n) is 3.06. The number of phenolic OH excluding ortho intramolecular Hbond substituents is 1. The molecule has 0 radical (unpaired) electrons. The lowest BCUT2D eigenvalue weighted by Gasteiger charge is -2.34. The van der Waals surface area contributed by atoms with Crippen LogP contribution in [0.1, 0.15) is 18.4 Å². The predicted molar refractivity (Wildman–Crippen MR) is 74.5 cm³/mol. The van der Waals surface area contributed by atoms with Gasteiger partial charge < -0.3 is 15.3 Å².